The van der Waals surface area contributed by atoms with Gasteiger partial charge >= 0.3 is 0 Å². The van der Waals surface area contributed by atoms with Crippen molar-refractivity contribution in [3.05, 3.63) is 60.6 Å². The molecule has 4 aromatic rings. The van der Waals surface area contributed by atoms with Gasteiger partial charge in [-0.15, -0.1) is 0 Å². The number of ether oxygens (including phenoxy) is 1. The number of fused-ring (bicyclic) bond motifs is 1. The lowest BCUT2D eigenvalue weighted by Gasteiger charge is -2.12. The summed E-state index contributed by atoms with van der Waals surface area (Å²) in [6, 6.07) is 7.50. The first-order valence-corrected chi connectivity index (χ1v) is 8.40. The Morgan fingerprint density at radius 3 is 2.61 bits per heavy atom. The standard InChI is InChI=1S/C20H15F2N5O/c1-23-19-13-5-4-12(11-3-6-14(21)16(9-11)28-2)17(22)18(13)26-20(27-19)15-10-24-7-8-25-15/h3-10H,1-2H3,(H,23,26,27). The Morgan fingerprint density at radius 1 is 1.04 bits per heavy atom. The van der Waals surface area contributed by atoms with Crippen LogP contribution in [0.15, 0.2) is 48.9 Å². The van der Waals surface area contributed by atoms with E-state index in [0.717, 1.165) is 0 Å². The van der Waals surface area contributed by atoms with Crippen LogP contribution in [0.1, 0.15) is 0 Å². The molecule has 0 unspecified atom stereocenters. The molecule has 0 bridgehead atoms. The van der Waals surface area contributed by atoms with Gasteiger partial charge in [-0.25, -0.2) is 23.7 Å². The van der Waals surface area contributed by atoms with Gasteiger partial charge in [0.25, 0.3) is 0 Å². The molecule has 0 saturated heterocycles. The number of methoxy groups -OCH3 is 1. The van der Waals surface area contributed by atoms with Crippen molar-refractivity contribution in [1.29, 1.82) is 0 Å². The van der Waals surface area contributed by atoms with Gasteiger partial charge in [-0.1, -0.05) is 12.1 Å². The van der Waals surface area contributed by atoms with E-state index in [9.17, 15) is 4.39 Å². The second-order valence-corrected chi connectivity index (χ2v) is 5.91. The number of aromatic nitrogens is 4. The van der Waals surface area contributed by atoms with E-state index >= 15 is 4.39 Å². The maximum Gasteiger partial charge on any atom is 0.182 e. The van der Waals surface area contributed by atoms with Crippen LogP contribution in [0.3, 0.4) is 0 Å². The van der Waals surface area contributed by atoms with Crippen molar-refractivity contribution < 1.29 is 13.5 Å². The molecule has 8 heteroatoms. The minimum atomic E-state index is -0.546. The molecule has 0 spiro atoms. The van der Waals surface area contributed by atoms with Crippen molar-refractivity contribution in [2.24, 2.45) is 0 Å². The van der Waals surface area contributed by atoms with Crippen molar-refractivity contribution in [3.63, 3.8) is 0 Å². The third kappa shape index (κ3) is 2.98. The zero-order valence-electron chi connectivity index (χ0n) is 15.1. The Bertz CT molecular complexity index is 1170. The first-order valence-electron chi connectivity index (χ1n) is 8.40. The molecule has 0 aliphatic rings. The van der Waals surface area contributed by atoms with Crippen LogP contribution in [0.4, 0.5) is 14.6 Å². The van der Waals surface area contributed by atoms with Crippen molar-refractivity contribution in [1.82, 2.24) is 19.9 Å². The van der Waals surface area contributed by atoms with E-state index in [-0.39, 0.29) is 22.7 Å². The molecule has 0 radical (unpaired) electrons. The zero-order chi connectivity index (χ0) is 19.7. The van der Waals surface area contributed by atoms with Crippen LogP contribution in [0.25, 0.3) is 33.5 Å². The largest absolute Gasteiger partial charge is 0.494 e. The predicted octanol–water partition coefficient (Wildman–Crippen LogP) is 4.08. The van der Waals surface area contributed by atoms with Crippen molar-refractivity contribution >= 4 is 16.7 Å². The third-order valence-electron chi connectivity index (χ3n) is 4.30. The van der Waals surface area contributed by atoms with Gasteiger partial charge in [0.05, 0.1) is 13.3 Å². The monoisotopic (exact) mass is 379 g/mol. The summed E-state index contributed by atoms with van der Waals surface area (Å²) in [5, 5.41) is 3.48. The topological polar surface area (TPSA) is 72.8 Å². The molecule has 6 nitrogen and oxygen atoms in total. The van der Waals surface area contributed by atoms with E-state index in [1.54, 1.807) is 19.2 Å². The molecule has 0 aliphatic heterocycles. The Balaban J connectivity index is 1.95. The van der Waals surface area contributed by atoms with Crippen LogP contribution in [-0.4, -0.2) is 34.1 Å². The summed E-state index contributed by atoms with van der Waals surface area (Å²) >= 11 is 0. The Hall–Kier alpha value is -3.68. The summed E-state index contributed by atoms with van der Waals surface area (Å²) in [7, 11) is 3.05. The molecule has 0 aliphatic carbocycles. The Kier molecular flexibility index (Phi) is 4.52. The molecular weight excluding hydrogens is 364 g/mol. The summed E-state index contributed by atoms with van der Waals surface area (Å²) in [6.07, 6.45) is 4.55. The normalized spacial score (nSPS) is 10.9. The molecule has 0 fully saturated rings. The number of nitrogens with zero attached hydrogens (tertiary/aromatic N) is 4. The highest BCUT2D eigenvalue weighted by molar-refractivity contribution is 5.94. The van der Waals surface area contributed by atoms with E-state index in [4.69, 9.17) is 4.74 Å². The average molecular weight is 379 g/mol. The zero-order valence-corrected chi connectivity index (χ0v) is 15.1. The SMILES string of the molecule is CNc1nc(-c2cnccn2)nc2c(F)c(-c3ccc(F)c(OC)c3)ccc12. The molecule has 4 rings (SSSR count). The summed E-state index contributed by atoms with van der Waals surface area (Å²) in [6.45, 7) is 0. The lowest BCUT2D eigenvalue weighted by atomic mass is 10.0. The number of hydrogen-bond donors (Lipinski definition) is 1. The van der Waals surface area contributed by atoms with Gasteiger partial charge in [-0.2, -0.15) is 0 Å². The highest BCUT2D eigenvalue weighted by Gasteiger charge is 2.17. The number of nitrogens with one attached hydrogen (secondary N) is 1. The average Bonchev–Trinajstić information content (AvgIpc) is 2.74. The summed E-state index contributed by atoms with van der Waals surface area (Å²) in [5.41, 5.74) is 1.30. The van der Waals surface area contributed by atoms with E-state index in [1.165, 1.54) is 43.9 Å². The van der Waals surface area contributed by atoms with Crippen molar-refractivity contribution in [2.75, 3.05) is 19.5 Å². The fourth-order valence-electron chi connectivity index (χ4n) is 2.93. The molecular formula is C20H15F2N5O. The van der Waals surface area contributed by atoms with Crippen LogP contribution < -0.4 is 10.1 Å². The van der Waals surface area contributed by atoms with Gasteiger partial charge in [0, 0.05) is 30.4 Å². The molecule has 2 aromatic heterocycles. The maximum atomic E-state index is 15.4. The van der Waals surface area contributed by atoms with E-state index in [2.05, 4.69) is 25.3 Å². The van der Waals surface area contributed by atoms with Crippen LogP contribution in [0.5, 0.6) is 5.75 Å². The van der Waals surface area contributed by atoms with Gasteiger partial charge in [0.2, 0.25) is 0 Å². The third-order valence-corrected chi connectivity index (χ3v) is 4.30. The van der Waals surface area contributed by atoms with Crippen LogP contribution in [0, 0.1) is 11.6 Å². The summed E-state index contributed by atoms with van der Waals surface area (Å²) in [5.74, 6) is -0.311. The molecule has 0 saturated carbocycles. The molecule has 28 heavy (non-hydrogen) atoms. The van der Waals surface area contributed by atoms with Crippen LogP contribution >= 0.6 is 0 Å². The number of benzene rings is 2. The summed E-state index contributed by atoms with van der Waals surface area (Å²) in [4.78, 5) is 17.0. The quantitative estimate of drug-likeness (QED) is 0.576. The first-order chi connectivity index (χ1) is 13.6. The smallest absolute Gasteiger partial charge is 0.182 e. The Morgan fingerprint density at radius 2 is 1.89 bits per heavy atom. The molecule has 0 amide bonds. The highest BCUT2D eigenvalue weighted by atomic mass is 19.1. The number of anilines is 1. The van der Waals surface area contributed by atoms with Gasteiger partial charge in [-0.05, 0) is 23.8 Å². The van der Waals surface area contributed by atoms with Gasteiger partial charge in [-0.3, -0.25) is 4.98 Å². The van der Waals surface area contributed by atoms with E-state index < -0.39 is 11.6 Å². The Labute approximate surface area is 159 Å². The van der Waals surface area contributed by atoms with E-state index in [1.807, 2.05) is 0 Å². The highest BCUT2D eigenvalue weighted by Crippen LogP contribution is 2.33. The minimum Gasteiger partial charge on any atom is -0.494 e. The number of halogens is 2. The fraction of sp³-hybridized carbons (Fsp3) is 0.100. The van der Waals surface area contributed by atoms with Gasteiger partial charge in [0.15, 0.2) is 23.2 Å². The molecule has 1 N–H and O–H groups in total. The first kappa shape index (κ1) is 17.7. The van der Waals surface area contributed by atoms with E-state index in [0.29, 0.717) is 22.5 Å². The van der Waals surface area contributed by atoms with Crippen molar-refractivity contribution in [3.8, 4) is 28.4 Å². The molecule has 2 heterocycles. The fourth-order valence-corrected chi connectivity index (χ4v) is 2.93. The lowest BCUT2D eigenvalue weighted by molar-refractivity contribution is 0.387. The molecule has 140 valence electrons. The minimum absolute atomic E-state index is 0.0378. The van der Waals surface area contributed by atoms with Gasteiger partial charge < -0.3 is 10.1 Å². The number of rotatable bonds is 4. The van der Waals surface area contributed by atoms with Crippen LogP contribution in [0.2, 0.25) is 0 Å². The second kappa shape index (κ2) is 7.15. The predicted molar refractivity (Wildman–Crippen MR) is 102 cm³/mol. The molecule has 2 aromatic carbocycles. The van der Waals surface area contributed by atoms with Crippen LogP contribution in [-0.2, 0) is 0 Å². The molecule has 0 atom stereocenters. The lowest BCUT2D eigenvalue weighted by Crippen LogP contribution is -2.02. The van der Waals surface area contributed by atoms with Gasteiger partial charge in [0.1, 0.15) is 17.0 Å². The van der Waals surface area contributed by atoms with Crippen molar-refractivity contribution in [2.45, 2.75) is 0 Å². The maximum absolute atomic E-state index is 15.4. The number of hydrogen-bond acceptors (Lipinski definition) is 6. The summed E-state index contributed by atoms with van der Waals surface area (Å²) < 4.78 is 34.1. The second-order valence-electron chi connectivity index (χ2n) is 5.91.